The molecule has 1 fully saturated rings. The Kier molecular flexibility index (Phi) is 4.82. The van der Waals surface area contributed by atoms with Crippen molar-refractivity contribution in [3.63, 3.8) is 0 Å². The molecule has 1 saturated heterocycles. The molecular weight excluding hydrogens is 268 g/mol. The van der Waals surface area contributed by atoms with Crippen LogP contribution in [-0.4, -0.2) is 30.4 Å². The van der Waals surface area contributed by atoms with Gasteiger partial charge in [0.05, 0.1) is 11.6 Å². The number of benzene rings is 1. The number of carboxylic acid groups (broad SMARTS) is 1. The summed E-state index contributed by atoms with van der Waals surface area (Å²) in [7, 11) is 0. The second-order valence-corrected chi connectivity index (χ2v) is 4.69. The first kappa shape index (κ1) is 13.9. The number of para-hydroxylation sites is 1. The van der Waals surface area contributed by atoms with Gasteiger partial charge in [-0.1, -0.05) is 23.7 Å². The van der Waals surface area contributed by atoms with Gasteiger partial charge in [-0.15, -0.1) is 0 Å². The predicted octanol–water partition coefficient (Wildman–Crippen LogP) is 3.00. The van der Waals surface area contributed by atoms with E-state index in [4.69, 9.17) is 26.2 Å². The van der Waals surface area contributed by atoms with Gasteiger partial charge in [0.2, 0.25) is 0 Å². The van der Waals surface area contributed by atoms with Gasteiger partial charge in [0, 0.05) is 18.2 Å². The Balaban J connectivity index is 2.19. The molecule has 0 spiro atoms. The van der Waals surface area contributed by atoms with Crippen LogP contribution in [0, 0.1) is 0 Å². The quantitative estimate of drug-likeness (QED) is 0.863. The zero-order valence-electron chi connectivity index (χ0n) is 10.3. The van der Waals surface area contributed by atoms with Crippen LogP contribution >= 0.6 is 11.6 Å². The second-order valence-electron chi connectivity index (χ2n) is 4.29. The molecule has 1 aromatic carbocycles. The second kappa shape index (κ2) is 6.59. The minimum atomic E-state index is -1.01. The van der Waals surface area contributed by atoms with E-state index in [-0.39, 0.29) is 6.10 Å². The topological polar surface area (TPSA) is 55.8 Å². The van der Waals surface area contributed by atoms with Gasteiger partial charge in [0.25, 0.3) is 0 Å². The first-order chi connectivity index (χ1) is 9.16. The predicted molar refractivity (Wildman–Crippen MR) is 72.6 cm³/mol. The Labute approximate surface area is 116 Å². The summed E-state index contributed by atoms with van der Waals surface area (Å²) in [5, 5.41) is 9.15. The van der Waals surface area contributed by atoms with E-state index in [1.165, 1.54) is 6.08 Å². The van der Waals surface area contributed by atoms with Gasteiger partial charge in [0.15, 0.2) is 0 Å². The van der Waals surface area contributed by atoms with Gasteiger partial charge in [-0.25, -0.2) is 4.79 Å². The Morgan fingerprint density at radius 2 is 2.37 bits per heavy atom. The van der Waals surface area contributed by atoms with E-state index < -0.39 is 5.97 Å². The number of halogens is 1. The first-order valence-electron chi connectivity index (χ1n) is 6.11. The fourth-order valence-corrected chi connectivity index (χ4v) is 2.14. The number of carboxylic acids is 1. The average molecular weight is 283 g/mol. The normalized spacial score (nSPS) is 19.5. The smallest absolute Gasteiger partial charge is 0.328 e. The zero-order chi connectivity index (χ0) is 13.7. The number of aliphatic carboxylic acids is 1. The van der Waals surface area contributed by atoms with Crippen LogP contribution in [0.1, 0.15) is 18.4 Å². The van der Waals surface area contributed by atoms with Gasteiger partial charge in [-0.05, 0) is 25.0 Å². The van der Waals surface area contributed by atoms with E-state index in [0.29, 0.717) is 22.9 Å². The lowest BCUT2D eigenvalue weighted by molar-refractivity contribution is -0.131. The molecule has 0 aromatic heterocycles. The molecule has 19 heavy (non-hydrogen) atoms. The maximum absolute atomic E-state index is 10.6. The molecule has 102 valence electrons. The summed E-state index contributed by atoms with van der Waals surface area (Å²) in [4.78, 5) is 10.6. The molecule has 0 amide bonds. The van der Waals surface area contributed by atoms with E-state index in [1.54, 1.807) is 18.2 Å². The summed E-state index contributed by atoms with van der Waals surface area (Å²) in [6, 6.07) is 5.25. The van der Waals surface area contributed by atoms with E-state index in [2.05, 4.69) is 0 Å². The van der Waals surface area contributed by atoms with Crippen molar-refractivity contribution in [1.29, 1.82) is 0 Å². The average Bonchev–Trinajstić information content (AvgIpc) is 2.40. The summed E-state index contributed by atoms with van der Waals surface area (Å²) in [5.41, 5.74) is 0.653. The lowest BCUT2D eigenvalue weighted by Gasteiger charge is -2.24. The minimum Gasteiger partial charge on any atom is -0.486 e. The SMILES string of the molecule is O=C(O)/C=C/c1cccc(Cl)c1OC1CCCOC1. The van der Waals surface area contributed by atoms with Gasteiger partial charge < -0.3 is 14.6 Å². The number of carbonyl (C=O) groups is 1. The largest absolute Gasteiger partial charge is 0.486 e. The van der Waals surface area contributed by atoms with E-state index in [1.807, 2.05) is 0 Å². The van der Waals surface area contributed by atoms with Crippen LogP contribution < -0.4 is 4.74 Å². The van der Waals surface area contributed by atoms with Crippen molar-refractivity contribution >= 4 is 23.6 Å². The van der Waals surface area contributed by atoms with Crippen LogP contribution in [0.2, 0.25) is 5.02 Å². The van der Waals surface area contributed by atoms with Crippen molar-refractivity contribution in [2.75, 3.05) is 13.2 Å². The Hall–Kier alpha value is -1.52. The summed E-state index contributed by atoms with van der Waals surface area (Å²) >= 11 is 6.12. The van der Waals surface area contributed by atoms with Gasteiger partial charge in [-0.2, -0.15) is 0 Å². The minimum absolute atomic E-state index is 0.0365. The molecule has 0 saturated carbocycles. The first-order valence-corrected chi connectivity index (χ1v) is 6.48. The molecule has 5 heteroatoms. The molecule has 1 atom stereocenters. The molecule has 2 rings (SSSR count). The fourth-order valence-electron chi connectivity index (χ4n) is 1.91. The van der Waals surface area contributed by atoms with Gasteiger partial charge >= 0.3 is 5.97 Å². The van der Waals surface area contributed by atoms with E-state index in [9.17, 15) is 4.79 Å². The zero-order valence-corrected chi connectivity index (χ0v) is 11.1. The third-order valence-corrected chi connectivity index (χ3v) is 3.10. The van der Waals surface area contributed by atoms with Gasteiger partial charge in [0.1, 0.15) is 11.9 Å². The van der Waals surface area contributed by atoms with Crippen LogP contribution in [0.4, 0.5) is 0 Å². The number of rotatable bonds is 4. The van der Waals surface area contributed by atoms with Crippen LogP contribution in [-0.2, 0) is 9.53 Å². The molecule has 4 nitrogen and oxygen atoms in total. The number of ether oxygens (including phenoxy) is 2. The summed E-state index contributed by atoms with van der Waals surface area (Å²) in [6.45, 7) is 1.29. The Bertz CT molecular complexity index is 478. The Morgan fingerprint density at radius 3 is 3.05 bits per heavy atom. The lowest BCUT2D eigenvalue weighted by atomic mass is 10.1. The summed E-state index contributed by atoms with van der Waals surface area (Å²) in [6.07, 6.45) is 4.37. The van der Waals surface area contributed by atoms with Gasteiger partial charge in [-0.3, -0.25) is 0 Å². The van der Waals surface area contributed by atoms with Crippen LogP contribution in [0.15, 0.2) is 24.3 Å². The molecular formula is C14H15ClO4. The number of hydrogen-bond acceptors (Lipinski definition) is 3. The highest BCUT2D eigenvalue weighted by atomic mass is 35.5. The van der Waals surface area contributed by atoms with Crippen LogP contribution in [0.25, 0.3) is 6.08 Å². The molecule has 1 N–H and O–H groups in total. The number of hydrogen-bond donors (Lipinski definition) is 1. The highest BCUT2D eigenvalue weighted by molar-refractivity contribution is 6.32. The van der Waals surface area contributed by atoms with Crippen molar-refractivity contribution in [2.24, 2.45) is 0 Å². The molecule has 0 radical (unpaired) electrons. The monoisotopic (exact) mass is 282 g/mol. The maximum Gasteiger partial charge on any atom is 0.328 e. The van der Waals surface area contributed by atoms with Crippen molar-refractivity contribution < 1.29 is 19.4 Å². The van der Waals surface area contributed by atoms with E-state index in [0.717, 1.165) is 25.5 Å². The van der Waals surface area contributed by atoms with Crippen LogP contribution in [0.3, 0.4) is 0 Å². The molecule has 1 heterocycles. The summed E-state index contributed by atoms with van der Waals surface area (Å²) < 4.78 is 11.2. The van der Waals surface area contributed by atoms with Crippen molar-refractivity contribution in [2.45, 2.75) is 18.9 Å². The lowest BCUT2D eigenvalue weighted by Crippen LogP contribution is -2.28. The highest BCUT2D eigenvalue weighted by Gasteiger charge is 2.18. The third kappa shape index (κ3) is 3.98. The van der Waals surface area contributed by atoms with Crippen molar-refractivity contribution in [3.05, 3.63) is 34.9 Å². The molecule has 1 aliphatic heterocycles. The molecule has 0 aliphatic carbocycles. The fraction of sp³-hybridized carbons (Fsp3) is 0.357. The standard InChI is InChI=1S/C14H15ClO4/c15-12-5-1-3-10(6-7-13(16)17)14(12)19-11-4-2-8-18-9-11/h1,3,5-7,11H,2,4,8-9H2,(H,16,17)/b7-6+. The highest BCUT2D eigenvalue weighted by Crippen LogP contribution is 2.31. The van der Waals surface area contributed by atoms with E-state index >= 15 is 0 Å². The third-order valence-electron chi connectivity index (χ3n) is 2.81. The van der Waals surface area contributed by atoms with Crippen LogP contribution in [0.5, 0.6) is 5.75 Å². The van der Waals surface area contributed by atoms with Crippen molar-refractivity contribution in [1.82, 2.24) is 0 Å². The summed E-state index contributed by atoms with van der Waals surface area (Å²) in [5.74, 6) is -0.496. The molecule has 1 aromatic rings. The molecule has 0 bridgehead atoms. The molecule has 1 aliphatic rings. The Morgan fingerprint density at radius 1 is 1.53 bits per heavy atom. The maximum atomic E-state index is 10.6. The van der Waals surface area contributed by atoms with Crippen molar-refractivity contribution in [3.8, 4) is 5.75 Å². The molecule has 1 unspecified atom stereocenters.